The maximum absolute atomic E-state index is 12.7. The number of carbonyl (C=O) groups excluding carboxylic acids is 3. The Balaban J connectivity index is 1.65. The Morgan fingerprint density at radius 3 is 2.38 bits per heavy atom. The number of hydrogen-bond acceptors (Lipinski definition) is 7. The quantitative estimate of drug-likeness (QED) is 0.267. The Labute approximate surface area is 205 Å². The first-order chi connectivity index (χ1) is 16.1. The molecule has 12 heteroatoms. The molecule has 3 rings (SSSR count). The largest absolute Gasteiger partial charge is 0.480 e. The van der Waals surface area contributed by atoms with E-state index in [4.69, 9.17) is 11.6 Å². The van der Waals surface area contributed by atoms with E-state index in [9.17, 15) is 24.3 Å². The average Bonchev–Trinajstić information content (AvgIpc) is 3.61. The third-order valence-electron chi connectivity index (χ3n) is 5.37. The van der Waals surface area contributed by atoms with Gasteiger partial charge in [-0.2, -0.15) is 0 Å². The zero-order valence-electron chi connectivity index (χ0n) is 18.8. The summed E-state index contributed by atoms with van der Waals surface area (Å²) < 4.78 is 0. The van der Waals surface area contributed by atoms with Gasteiger partial charge in [0.1, 0.15) is 11.5 Å². The van der Waals surface area contributed by atoms with Gasteiger partial charge < -0.3 is 20.6 Å². The van der Waals surface area contributed by atoms with Gasteiger partial charge in [0, 0.05) is 26.2 Å². The summed E-state index contributed by atoms with van der Waals surface area (Å²) in [6.07, 6.45) is 3.94. The van der Waals surface area contributed by atoms with Crippen molar-refractivity contribution >= 4 is 52.7 Å². The average molecular weight is 506 g/mol. The van der Waals surface area contributed by atoms with Gasteiger partial charge in [-0.25, -0.2) is 14.8 Å². The predicted octanol–water partition coefficient (Wildman–Crippen LogP) is 2.08. The van der Waals surface area contributed by atoms with E-state index in [2.05, 4.69) is 20.6 Å². The van der Waals surface area contributed by atoms with E-state index >= 15 is 0 Å². The molecule has 10 nitrogen and oxygen atoms in total. The maximum atomic E-state index is 12.7. The van der Waals surface area contributed by atoms with Crippen molar-refractivity contribution in [3.63, 3.8) is 0 Å². The first kappa shape index (κ1) is 25.4. The molecule has 1 heterocycles. The lowest BCUT2D eigenvalue weighted by atomic mass is 10.0. The van der Waals surface area contributed by atoms with Gasteiger partial charge in [0.2, 0.25) is 11.8 Å². The van der Waals surface area contributed by atoms with Gasteiger partial charge in [-0.3, -0.25) is 14.4 Å². The Kier molecular flexibility index (Phi) is 7.78. The summed E-state index contributed by atoms with van der Waals surface area (Å²) in [4.78, 5) is 58.7. The highest BCUT2D eigenvalue weighted by molar-refractivity contribution is 7.98. The van der Waals surface area contributed by atoms with E-state index in [-0.39, 0.29) is 23.0 Å². The highest BCUT2D eigenvalue weighted by Crippen LogP contribution is 2.47. The van der Waals surface area contributed by atoms with Crippen molar-refractivity contribution in [2.45, 2.75) is 30.5 Å². The monoisotopic (exact) mass is 505 g/mol. The number of carboxylic acids is 1. The van der Waals surface area contributed by atoms with E-state index in [0.29, 0.717) is 29.2 Å². The van der Waals surface area contributed by atoms with Crippen LogP contribution >= 0.6 is 23.4 Å². The predicted molar refractivity (Wildman–Crippen MR) is 127 cm³/mol. The summed E-state index contributed by atoms with van der Waals surface area (Å²) in [6, 6.07) is 5.30. The van der Waals surface area contributed by atoms with Gasteiger partial charge >= 0.3 is 5.97 Å². The maximum Gasteiger partial charge on any atom is 0.326 e. The fourth-order valence-corrected chi connectivity index (χ4v) is 3.86. The fourth-order valence-electron chi connectivity index (χ4n) is 3.35. The number of amides is 3. The number of thioether (sulfide) groups is 1. The number of hydrogen-bond donors (Lipinski definition) is 3. The van der Waals surface area contributed by atoms with Crippen molar-refractivity contribution < 1.29 is 24.3 Å². The summed E-state index contributed by atoms with van der Waals surface area (Å²) >= 11 is 7.31. The van der Waals surface area contributed by atoms with Crippen LogP contribution in [0.3, 0.4) is 0 Å². The summed E-state index contributed by atoms with van der Waals surface area (Å²) in [5.74, 6) is -2.62. The Morgan fingerprint density at radius 2 is 1.85 bits per heavy atom. The van der Waals surface area contributed by atoms with Crippen molar-refractivity contribution in [2.24, 2.45) is 5.41 Å². The molecule has 0 aliphatic heterocycles. The molecule has 1 aromatic carbocycles. The first-order valence-electron chi connectivity index (χ1n) is 10.3. The highest BCUT2D eigenvalue weighted by Gasteiger charge is 2.57. The summed E-state index contributed by atoms with van der Waals surface area (Å²) in [5, 5.41) is 15.3. The molecule has 1 aliphatic rings. The molecule has 0 saturated heterocycles. The molecule has 0 bridgehead atoms. The zero-order valence-corrected chi connectivity index (χ0v) is 20.4. The molecule has 0 unspecified atom stereocenters. The molecule has 1 atom stereocenters. The van der Waals surface area contributed by atoms with Crippen LogP contribution in [0.25, 0.3) is 0 Å². The lowest BCUT2D eigenvalue weighted by Crippen LogP contribution is -2.49. The second-order valence-electron chi connectivity index (χ2n) is 8.05. The lowest BCUT2D eigenvalue weighted by Gasteiger charge is -2.22. The van der Waals surface area contributed by atoms with Crippen molar-refractivity contribution in [3.8, 4) is 0 Å². The number of rotatable bonds is 9. The van der Waals surface area contributed by atoms with E-state index in [1.165, 1.54) is 22.9 Å². The summed E-state index contributed by atoms with van der Waals surface area (Å²) in [6.45, 7) is 0. The molecule has 0 radical (unpaired) electrons. The molecular weight excluding hydrogens is 482 g/mol. The molecule has 180 valence electrons. The normalized spacial score (nSPS) is 14.6. The van der Waals surface area contributed by atoms with Crippen LogP contribution < -0.4 is 10.6 Å². The van der Waals surface area contributed by atoms with Gasteiger partial charge in [-0.05, 0) is 36.8 Å². The molecule has 1 saturated carbocycles. The minimum Gasteiger partial charge on any atom is -0.480 e. The molecule has 2 aromatic rings. The number of anilines is 1. The van der Waals surface area contributed by atoms with Crippen molar-refractivity contribution in [2.75, 3.05) is 25.7 Å². The van der Waals surface area contributed by atoms with E-state index < -0.39 is 29.2 Å². The van der Waals surface area contributed by atoms with Crippen molar-refractivity contribution in [1.82, 2.24) is 20.2 Å². The number of nitrogens with one attached hydrogen (secondary N) is 2. The van der Waals surface area contributed by atoms with Crippen LogP contribution in [0.2, 0.25) is 5.02 Å². The molecule has 34 heavy (non-hydrogen) atoms. The van der Waals surface area contributed by atoms with Crippen LogP contribution in [-0.4, -0.2) is 70.1 Å². The smallest absolute Gasteiger partial charge is 0.326 e. The molecule has 3 N–H and O–H groups in total. The third-order valence-corrected chi connectivity index (χ3v) is 6.21. The second kappa shape index (κ2) is 10.4. The lowest BCUT2D eigenvalue weighted by molar-refractivity contribution is -0.147. The number of benzene rings is 1. The fraction of sp³-hybridized carbons (Fsp3) is 0.364. The standard InChI is InChI=1S/C22H24ClN5O5S/c1-28(2)20(33)22(8-9-22)19(32)26-15(18(30)31)10-12-4-6-13(7-5-12)25-17(29)16-14(23)11-24-21(27-16)34-3/h4-7,11,15H,8-10H2,1-3H3,(H,25,29)(H,26,32)(H,30,31)/t15-/m0/s1. The molecule has 1 fully saturated rings. The van der Waals surface area contributed by atoms with Crippen molar-refractivity contribution in [3.05, 3.63) is 46.7 Å². The topological polar surface area (TPSA) is 142 Å². The number of carbonyl (C=O) groups is 4. The Bertz CT molecular complexity index is 1120. The minimum absolute atomic E-state index is 0.0103. The van der Waals surface area contributed by atoms with Crippen molar-refractivity contribution in [1.29, 1.82) is 0 Å². The van der Waals surface area contributed by atoms with E-state index in [0.717, 1.165) is 0 Å². The van der Waals surface area contributed by atoms with Gasteiger partial charge in [-0.15, -0.1) is 0 Å². The number of aromatic nitrogens is 2. The molecule has 0 spiro atoms. The van der Waals surface area contributed by atoms with Crippen LogP contribution in [-0.2, 0) is 20.8 Å². The summed E-state index contributed by atoms with van der Waals surface area (Å²) in [7, 11) is 3.12. The van der Waals surface area contributed by atoms with E-state index in [1.807, 2.05) is 0 Å². The zero-order chi connectivity index (χ0) is 25.0. The summed E-state index contributed by atoms with van der Waals surface area (Å²) in [5.41, 5.74) is -0.0539. The molecule has 1 aliphatic carbocycles. The molecular formula is C22H24ClN5O5S. The number of nitrogens with zero attached hydrogens (tertiary/aromatic N) is 3. The minimum atomic E-state index is -1.21. The third kappa shape index (κ3) is 5.65. The van der Waals surface area contributed by atoms with Crippen LogP contribution in [0.5, 0.6) is 0 Å². The van der Waals surface area contributed by atoms with Crippen LogP contribution in [0.1, 0.15) is 28.9 Å². The molecule has 3 amide bonds. The second-order valence-corrected chi connectivity index (χ2v) is 9.23. The van der Waals surface area contributed by atoms with Crippen LogP contribution in [0.4, 0.5) is 5.69 Å². The number of halogens is 1. The first-order valence-corrected chi connectivity index (χ1v) is 11.9. The van der Waals surface area contributed by atoms with E-state index in [1.54, 1.807) is 44.6 Å². The SMILES string of the molecule is CSc1ncc(Cl)c(C(=O)Nc2ccc(C[C@H](NC(=O)C3(C(=O)N(C)C)CC3)C(=O)O)cc2)n1. The van der Waals surface area contributed by atoms with Gasteiger partial charge in [0.15, 0.2) is 10.9 Å². The van der Waals surface area contributed by atoms with Crippen LogP contribution in [0.15, 0.2) is 35.6 Å². The van der Waals surface area contributed by atoms with Gasteiger partial charge in [-0.1, -0.05) is 35.5 Å². The van der Waals surface area contributed by atoms with Gasteiger partial charge in [0.05, 0.1) is 11.2 Å². The van der Waals surface area contributed by atoms with Gasteiger partial charge in [0.25, 0.3) is 5.91 Å². The Morgan fingerprint density at radius 1 is 1.21 bits per heavy atom. The highest BCUT2D eigenvalue weighted by atomic mass is 35.5. The number of aliphatic carboxylic acids is 1. The Hall–Kier alpha value is -3.18. The molecule has 1 aromatic heterocycles. The number of carboxylic acid groups (broad SMARTS) is 1. The van der Waals surface area contributed by atoms with Crippen LogP contribution in [0, 0.1) is 5.41 Å².